The van der Waals surface area contributed by atoms with Crippen LogP contribution in [-0.4, -0.2) is 18.3 Å². The van der Waals surface area contributed by atoms with Gasteiger partial charge in [-0.3, -0.25) is 0 Å². The van der Waals surface area contributed by atoms with E-state index in [9.17, 15) is 5.26 Å². The van der Waals surface area contributed by atoms with Gasteiger partial charge >= 0.3 is 0 Å². The maximum atomic E-state index is 9.45. The van der Waals surface area contributed by atoms with Crippen LogP contribution in [0.25, 0.3) is 0 Å². The lowest BCUT2D eigenvalue weighted by Gasteiger charge is -2.25. The highest BCUT2D eigenvalue weighted by molar-refractivity contribution is 7.98. The minimum Gasteiger partial charge on any atom is -0.302 e. The van der Waals surface area contributed by atoms with Crippen LogP contribution in [0, 0.1) is 31.1 Å². The van der Waals surface area contributed by atoms with Crippen molar-refractivity contribution in [1.29, 1.82) is 5.26 Å². The Morgan fingerprint density at radius 1 is 1.32 bits per heavy atom. The van der Waals surface area contributed by atoms with Crippen LogP contribution >= 0.6 is 11.8 Å². The number of aryl methyl sites for hydroxylation is 2. The van der Waals surface area contributed by atoms with E-state index in [1.54, 1.807) is 0 Å². The lowest BCUT2D eigenvalue weighted by molar-refractivity contribution is 0.441. The maximum absolute atomic E-state index is 9.45. The summed E-state index contributed by atoms with van der Waals surface area (Å²) >= 11 is 1.86. The zero-order valence-electron chi connectivity index (χ0n) is 12.0. The topological polar surface area (TPSA) is 35.8 Å². The molecule has 0 heterocycles. The molecule has 3 heteroatoms. The summed E-state index contributed by atoms with van der Waals surface area (Å²) < 4.78 is 0. The second-order valence-electron chi connectivity index (χ2n) is 5.60. The average Bonchev–Trinajstić information content (AvgIpc) is 3.18. The van der Waals surface area contributed by atoms with Gasteiger partial charge in [0.05, 0.1) is 6.07 Å². The van der Waals surface area contributed by atoms with Gasteiger partial charge in [-0.15, -0.1) is 0 Å². The van der Waals surface area contributed by atoms with Crippen molar-refractivity contribution in [2.24, 2.45) is 5.92 Å². The molecule has 1 aromatic carbocycles. The van der Waals surface area contributed by atoms with Crippen molar-refractivity contribution in [2.75, 3.05) is 12.8 Å². The van der Waals surface area contributed by atoms with Crippen molar-refractivity contribution in [1.82, 2.24) is 5.32 Å². The summed E-state index contributed by atoms with van der Waals surface area (Å²) in [7, 11) is 1.92. The highest BCUT2D eigenvalue weighted by atomic mass is 32.2. The molecular weight excluding hydrogens is 252 g/mol. The van der Waals surface area contributed by atoms with Gasteiger partial charge in [-0.2, -0.15) is 17.0 Å². The van der Waals surface area contributed by atoms with Crippen molar-refractivity contribution in [3.8, 4) is 6.07 Å². The van der Waals surface area contributed by atoms with Crippen LogP contribution in [0.2, 0.25) is 0 Å². The van der Waals surface area contributed by atoms with Crippen molar-refractivity contribution < 1.29 is 0 Å². The molecular formula is C16H22N2S. The van der Waals surface area contributed by atoms with E-state index in [-0.39, 0.29) is 5.54 Å². The van der Waals surface area contributed by atoms with Gasteiger partial charge in [0.1, 0.15) is 5.54 Å². The molecule has 2 nitrogen and oxygen atoms in total. The molecule has 0 radical (unpaired) electrons. The van der Waals surface area contributed by atoms with Crippen LogP contribution in [0.4, 0.5) is 0 Å². The molecule has 0 aliphatic heterocycles. The lowest BCUT2D eigenvalue weighted by atomic mass is 9.98. The molecule has 1 atom stereocenters. The molecule has 1 aliphatic carbocycles. The van der Waals surface area contributed by atoms with E-state index in [0.717, 1.165) is 11.5 Å². The molecule has 1 aliphatic rings. The van der Waals surface area contributed by atoms with E-state index in [0.29, 0.717) is 5.92 Å². The second-order valence-corrected chi connectivity index (χ2v) is 6.58. The number of rotatable bonds is 6. The normalized spacial score (nSPS) is 17.8. The van der Waals surface area contributed by atoms with E-state index < -0.39 is 0 Å². The Kier molecular flexibility index (Phi) is 4.54. The zero-order valence-corrected chi connectivity index (χ0v) is 12.8. The molecule has 2 rings (SSSR count). The van der Waals surface area contributed by atoms with Gasteiger partial charge in [0.25, 0.3) is 0 Å². The summed E-state index contributed by atoms with van der Waals surface area (Å²) in [6.45, 7) is 4.27. The fourth-order valence-electron chi connectivity index (χ4n) is 2.63. The van der Waals surface area contributed by atoms with E-state index in [4.69, 9.17) is 0 Å². The van der Waals surface area contributed by atoms with E-state index >= 15 is 0 Å². The van der Waals surface area contributed by atoms with Gasteiger partial charge in [0, 0.05) is 11.5 Å². The van der Waals surface area contributed by atoms with E-state index in [1.807, 2.05) is 18.8 Å². The van der Waals surface area contributed by atoms with Crippen molar-refractivity contribution in [2.45, 2.75) is 38.0 Å². The summed E-state index contributed by atoms with van der Waals surface area (Å²) in [6.07, 6.45) is 2.39. The number of nitriles is 1. The third-order valence-electron chi connectivity index (χ3n) is 3.80. The Bertz CT molecular complexity index is 468. The number of thioether (sulfide) groups is 1. The quantitative estimate of drug-likeness (QED) is 0.863. The van der Waals surface area contributed by atoms with Gasteiger partial charge in [-0.05, 0) is 45.2 Å². The molecule has 1 unspecified atom stereocenters. The summed E-state index contributed by atoms with van der Waals surface area (Å²) in [4.78, 5) is 0. The van der Waals surface area contributed by atoms with Crippen LogP contribution < -0.4 is 5.32 Å². The Morgan fingerprint density at radius 3 is 2.42 bits per heavy atom. The highest BCUT2D eigenvalue weighted by Gasteiger charge is 2.44. The van der Waals surface area contributed by atoms with Crippen molar-refractivity contribution in [3.05, 3.63) is 34.9 Å². The summed E-state index contributed by atoms with van der Waals surface area (Å²) in [5.74, 6) is 2.41. The molecule has 0 amide bonds. The van der Waals surface area contributed by atoms with Crippen LogP contribution in [0.3, 0.4) is 0 Å². The average molecular weight is 274 g/mol. The first-order chi connectivity index (χ1) is 9.09. The maximum Gasteiger partial charge on any atom is 0.118 e. The highest BCUT2D eigenvalue weighted by Crippen LogP contribution is 2.41. The number of nitrogens with one attached hydrogen (secondary N) is 1. The summed E-state index contributed by atoms with van der Waals surface area (Å²) in [5.41, 5.74) is 3.68. The Labute approximate surface area is 120 Å². The van der Waals surface area contributed by atoms with Crippen LogP contribution in [-0.2, 0) is 5.75 Å². The molecule has 1 saturated carbocycles. The smallest absolute Gasteiger partial charge is 0.118 e. The molecule has 0 spiro atoms. The van der Waals surface area contributed by atoms with Crippen LogP contribution in [0.1, 0.15) is 29.5 Å². The Morgan fingerprint density at radius 2 is 1.95 bits per heavy atom. The van der Waals surface area contributed by atoms with Crippen molar-refractivity contribution in [3.63, 3.8) is 0 Å². The fraction of sp³-hybridized carbons (Fsp3) is 0.562. The summed E-state index contributed by atoms with van der Waals surface area (Å²) in [5, 5.41) is 12.7. The molecule has 0 bridgehead atoms. The Balaban J connectivity index is 1.93. The van der Waals surface area contributed by atoms with E-state index in [1.165, 1.54) is 29.5 Å². The molecule has 1 aromatic rings. The van der Waals surface area contributed by atoms with Gasteiger partial charge in [0.2, 0.25) is 0 Å². The predicted molar refractivity (Wildman–Crippen MR) is 82.2 cm³/mol. The first kappa shape index (κ1) is 14.4. The predicted octanol–water partition coefficient (Wildman–Crippen LogP) is 3.43. The molecule has 1 N–H and O–H groups in total. The largest absolute Gasteiger partial charge is 0.302 e. The SMILES string of the molecule is CNC(C#N)(CSCc1cc(C)cc(C)c1)C1CC1. The lowest BCUT2D eigenvalue weighted by Crippen LogP contribution is -2.46. The minimum absolute atomic E-state index is 0.316. The number of benzene rings is 1. The molecule has 1 fully saturated rings. The number of hydrogen-bond donors (Lipinski definition) is 1. The fourth-order valence-corrected chi connectivity index (χ4v) is 3.90. The van der Waals surface area contributed by atoms with Gasteiger partial charge in [0.15, 0.2) is 0 Å². The van der Waals surface area contributed by atoms with Gasteiger partial charge < -0.3 is 5.32 Å². The first-order valence-electron chi connectivity index (χ1n) is 6.85. The number of hydrogen-bond acceptors (Lipinski definition) is 3. The van der Waals surface area contributed by atoms with Crippen LogP contribution in [0.15, 0.2) is 18.2 Å². The molecule has 19 heavy (non-hydrogen) atoms. The Hall–Kier alpha value is -0.980. The molecule has 102 valence electrons. The van der Waals surface area contributed by atoms with Crippen LogP contribution in [0.5, 0.6) is 0 Å². The van der Waals surface area contributed by atoms with E-state index in [2.05, 4.69) is 43.4 Å². The standard InChI is InChI=1S/C16H22N2S/c1-12-6-13(2)8-14(7-12)9-19-11-16(10-17,18-3)15-4-5-15/h6-8,15,18H,4-5,9,11H2,1-3H3. The monoisotopic (exact) mass is 274 g/mol. The summed E-state index contributed by atoms with van der Waals surface area (Å²) in [6, 6.07) is 9.19. The van der Waals surface area contributed by atoms with Gasteiger partial charge in [-0.1, -0.05) is 29.3 Å². The number of nitrogens with zero attached hydrogens (tertiary/aromatic N) is 1. The first-order valence-corrected chi connectivity index (χ1v) is 8.00. The van der Waals surface area contributed by atoms with Gasteiger partial charge in [-0.25, -0.2) is 0 Å². The van der Waals surface area contributed by atoms with Crippen molar-refractivity contribution >= 4 is 11.8 Å². The third-order valence-corrected chi connectivity index (χ3v) is 5.00. The minimum atomic E-state index is -0.316. The zero-order chi connectivity index (χ0) is 13.9. The third kappa shape index (κ3) is 3.52. The second kappa shape index (κ2) is 5.98. The molecule has 0 saturated heterocycles. The molecule has 0 aromatic heterocycles.